The Hall–Kier alpha value is -0.450. The molecule has 0 aromatic rings. The maximum atomic E-state index is 12.1. The summed E-state index contributed by atoms with van der Waals surface area (Å²) in [6.45, 7) is 8.21. The van der Waals surface area contributed by atoms with Gasteiger partial charge in [-0.15, -0.1) is 0 Å². The van der Waals surface area contributed by atoms with Crippen LogP contribution < -0.4 is 0 Å². The van der Waals surface area contributed by atoms with Gasteiger partial charge in [-0.1, -0.05) is 13.8 Å². The van der Waals surface area contributed by atoms with Crippen molar-refractivity contribution in [3.8, 4) is 0 Å². The molecule has 1 saturated heterocycles. The van der Waals surface area contributed by atoms with Gasteiger partial charge in [0.15, 0.2) is 5.78 Å². The van der Waals surface area contributed by atoms with Crippen LogP contribution in [0.4, 0.5) is 0 Å². The van der Waals surface area contributed by atoms with Gasteiger partial charge in [0, 0.05) is 13.5 Å². The van der Waals surface area contributed by atoms with E-state index in [-0.39, 0.29) is 17.8 Å². The number of carbonyl (C=O) groups is 1. The van der Waals surface area contributed by atoms with Crippen LogP contribution >= 0.6 is 0 Å². The van der Waals surface area contributed by atoms with E-state index in [4.69, 9.17) is 9.47 Å². The third kappa shape index (κ3) is 2.78. The molecule has 2 rings (SSSR count). The number of aliphatic hydroxyl groups is 1. The predicted octanol–water partition coefficient (Wildman–Crippen LogP) is 2.33. The summed E-state index contributed by atoms with van der Waals surface area (Å²) in [6.07, 6.45) is 2.53. The van der Waals surface area contributed by atoms with Gasteiger partial charge in [-0.05, 0) is 39.0 Å². The molecule has 0 radical (unpaired) electrons. The zero-order valence-electron chi connectivity index (χ0n) is 13.3. The summed E-state index contributed by atoms with van der Waals surface area (Å²) in [5.41, 5.74) is -1.34. The standard InChI is InChI=1S/C16H28O4/c1-10(2)6-7-12-16(4,20-12)14-13(19-5)11(17)8-9-15(14,3)18/h10,12-14,18H,6-9H2,1-5H3/t12-,13-,14?,15-,16?/m1/s1. The Labute approximate surface area is 121 Å². The number of ether oxygens (including phenoxy) is 2. The SMILES string of the molecule is CO[C@@H]1C(=O)CC[C@@](C)(O)C1C1(C)O[C@@H]1CCC(C)C. The van der Waals surface area contributed by atoms with Gasteiger partial charge < -0.3 is 14.6 Å². The highest BCUT2D eigenvalue weighted by Crippen LogP contribution is 2.53. The average Bonchev–Trinajstić information content (AvgIpc) is 3.01. The van der Waals surface area contributed by atoms with E-state index in [0.29, 0.717) is 18.8 Å². The average molecular weight is 284 g/mol. The molecule has 1 aliphatic carbocycles. The fourth-order valence-electron chi connectivity index (χ4n) is 3.75. The summed E-state index contributed by atoms with van der Waals surface area (Å²) < 4.78 is 11.3. The number of carbonyl (C=O) groups excluding carboxylic acids is 1. The van der Waals surface area contributed by atoms with Crippen LogP contribution in [0.15, 0.2) is 0 Å². The van der Waals surface area contributed by atoms with Crippen molar-refractivity contribution in [2.75, 3.05) is 7.11 Å². The monoisotopic (exact) mass is 284 g/mol. The first-order valence-electron chi connectivity index (χ1n) is 7.68. The molecule has 0 spiro atoms. The van der Waals surface area contributed by atoms with Crippen molar-refractivity contribution >= 4 is 5.78 Å². The molecule has 2 fully saturated rings. The Kier molecular flexibility index (Phi) is 4.30. The lowest BCUT2D eigenvalue weighted by molar-refractivity contribution is -0.160. The smallest absolute Gasteiger partial charge is 0.162 e. The van der Waals surface area contributed by atoms with Crippen molar-refractivity contribution < 1.29 is 19.4 Å². The molecule has 0 amide bonds. The number of ketones is 1. The summed E-state index contributed by atoms with van der Waals surface area (Å²) in [6, 6.07) is 0. The second-order valence-corrected chi connectivity index (χ2v) is 7.22. The molecule has 5 atom stereocenters. The molecule has 1 saturated carbocycles. The van der Waals surface area contributed by atoms with E-state index < -0.39 is 17.3 Å². The summed E-state index contributed by atoms with van der Waals surface area (Å²) in [5, 5.41) is 10.7. The Bertz CT molecular complexity index is 377. The molecule has 4 nitrogen and oxygen atoms in total. The normalized spacial score (nSPS) is 45.0. The Morgan fingerprint density at radius 2 is 2.10 bits per heavy atom. The van der Waals surface area contributed by atoms with E-state index in [1.807, 2.05) is 13.8 Å². The van der Waals surface area contributed by atoms with Crippen LogP contribution in [0.25, 0.3) is 0 Å². The molecule has 1 N–H and O–H groups in total. The summed E-state index contributed by atoms with van der Waals surface area (Å²) in [7, 11) is 1.55. The Morgan fingerprint density at radius 3 is 2.65 bits per heavy atom. The lowest BCUT2D eigenvalue weighted by Gasteiger charge is -2.43. The fraction of sp³-hybridized carbons (Fsp3) is 0.938. The van der Waals surface area contributed by atoms with Crippen LogP contribution in [-0.2, 0) is 14.3 Å². The van der Waals surface area contributed by atoms with Crippen LogP contribution in [0.2, 0.25) is 0 Å². The molecule has 2 unspecified atom stereocenters. The molecular weight excluding hydrogens is 256 g/mol. The van der Waals surface area contributed by atoms with Crippen LogP contribution in [0.1, 0.15) is 53.4 Å². The van der Waals surface area contributed by atoms with Crippen molar-refractivity contribution in [2.24, 2.45) is 11.8 Å². The first-order valence-corrected chi connectivity index (χ1v) is 7.68. The minimum atomic E-state index is -0.907. The maximum Gasteiger partial charge on any atom is 0.162 e. The Morgan fingerprint density at radius 1 is 1.45 bits per heavy atom. The summed E-state index contributed by atoms with van der Waals surface area (Å²) in [4.78, 5) is 12.1. The number of hydrogen-bond acceptors (Lipinski definition) is 4. The van der Waals surface area contributed by atoms with Gasteiger partial charge in [-0.3, -0.25) is 4.79 Å². The van der Waals surface area contributed by atoms with Crippen LogP contribution in [0.3, 0.4) is 0 Å². The number of rotatable bonds is 5. The number of methoxy groups -OCH3 is 1. The number of hydrogen-bond donors (Lipinski definition) is 1. The van der Waals surface area contributed by atoms with Gasteiger partial charge in [-0.2, -0.15) is 0 Å². The van der Waals surface area contributed by atoms with E-state index >= 15 is 0 Å². The first kappa shape index (κ1) is 15.9. The van der Waals surface area contributed by atoms with Gasteiger partial charge in [0.25, 0.3) is 0 Å². The van der Waals surface area contributed by atoms with Crippen molar-refractivity contribution in [2.45, 2.75) is 76.8 Å². The minimum Gasteiger partial charge on any atom is -0.390 e. The Balaban J connectivity index is 2.13. The fourth-order valence-corrected chi connectivity index (χ4v) is 3.75. The quantitative estimate of drug-likeness (QED) is 0.787. The molecular formula is C16H28O4. The molecule has 0 aromatic heterocycles. The maximum absolute atomic E-state index is 12.1. The van der Waals surface area contributed by atoms with E-state index in [0.717, 1.165) is 12.8 Å². The zero-order valence-corrected chi connectivity index (χ0v) is 13.3. The topological polar surface area (TPSA) is 59.1 Å². The molecule has 1 aliphatic heterocycles. The van der Waals surface area contributed by atoms with Crippen LogP contribution in [-0.4, -0.2) is 41.4 Å². The third-order valence-corrected chi connectivity index (χ3v) is 5.02. The lowest BCUT2D eigenvalue weighted by atomic mass is 9.67. The van der Waals surface area contributed by atoms with Gasteiger partial charge in [0.1, 0.15) is 11.7 Å². The second kappa shape index (κ2) is 5.39. The number of epoxide rings is 1. The predicted molar refractivity (Wildman–Crippen MR) is 76.5 cm³/mol. The summed E-state index contributed by atoms with van der Waals surface area (Å²) >= 11 is 0. The highest BCUT2D eigenvalue weighted by atomic mass is 16.6. The van der Waals surface area contributed by atoms with Gasteiger partial charge in [0.2, 0.25) is 0 Å². The minimum absolute atomic E-state index is 0.0864. The van der Waals surface area contributed by atoms with E-state index in [1.54, 1.807) is 7.11 Å². The van der Waals surface area contributed by atoms with Crippen LogP contribution in [0, 0.1) is 11.8 Å². The van der Waals surface area contributed by atoms with Crippen molar-refractivity contribution in [1.29, 1.82) is 0 Å². The molecule has 0 aromatic carbocycles. The van der Waals surface area contributed by atoms with Crippen molar-refractivity contribution in [3.05, 3.63) is 0 Å². The third-order valence-electron chi connectivity index (χ3n) is 5.02. The summed E-state index contributed by atoms with van der Waals surface area (Å²) in [5.74, 6) is 0.442. The highest BCUT2D eigenvalue weighted by Gasteiger charge is 2.66. The molecule has 20 heavy (non-hydrogen) atoms. The van der Waals surface area contributed by atoms with Gasteiger partial charge in [-0.25, -0.2) is 0 Å². The molecule has 2 aliphatic rings. The van der Waals surface area contributed by atoms with Crippen molar-refractivity contribution in [3.63, 3.8) is 0 Å². The number of Topliss-reactive ketones (excluding diaryl/α,β-unsaturated/α-hetero) is 1. The second-order valence-electron chi connectivity index (χ2n) is 7.22. The largest absolute Gasteiger partial charge is 0.390 e. The molecule has 0 bridgehead atoms. The molecule has 116 valence electrons. The van der Waals surface area contributed by atoms with E-state index in [1.165, 1.54) is 0 Å². The van der Waals surface area contributed by atoms with Crippen molar-refractivity contribution in [1.82, 2.24) is 0 Å². The van der Waals surface area contributed by atoms with E-state index in [2.05, 4.69) is 13.8 Å². The van der Waals surface area contributed by atoms with Gasteiger partial charge >= 0.3 is 0 Å². The zero-order chi connectivity index (χ0) is 15.1. The lowest BCUT2D eigenvalue weighted by Crippen LogP contribution is -2.57. The highest BCUT2D eigenvalue weighted by molar-refractivity contribution is 5.85. The van der Waals surface area contributed by atoms with E-state index in [9.17, 15) is 9.90 Å². The molecule has 1 heterocycles. The molecule has 4 heteroatoms. The first-order chi connectivity index (χ1) is 9.22. The van der Waals surface area contributed by atoms with Crippen LogP contribution in [0.5, 0.6) is 0 Å². The van der Waals surface area contributed by atoms with Gasteiger partial charge in [0.05, 0.1) is 17.6 Å².